The number of hydrogen-bond acceptors (Lipinski definition) is 6. The van der Waals surface area contributed by atoms with Gasteiger partial charge >= 0.3 is 0 Å². The second-order valence-electron chi connectivity index (χ2n) is 6.20. The zero-order valence-electron chi connectivity index (χ0n) is 12.5. The van der Waals surface area contributed by atoms with Gasteiger partial charge in [-0.1, -0.05) is 24.6 Å². The van der Waals surface area contributed by atoms with Gasteiger partial charge in [0, 0.05) is 19.1 Å². The fraction of sp³-hybridized carbons (Fsp3) is 0.929. The number of aliphatic imine (C=N–C) groups is 1. The van der Waals surface area contributed by atoms with Gasteiger partial charge in [-0.3, -0.25) is 4.99 Å². The van der Waals surface area contributed by atoms with E-state index in [0.717, 1.165) is 5.17 Å². The number of nitrogens with zero attached hydrogens (tertiary/aromatic N) is 1. The third-order valence-electron chi connectivity index (χ3n) is 4.71. The zero-order chi connectivity index (χ0) is 15.0. The summed E-state index contributed by atoms with van der Waals surface area (Å²) in [7, 11) is 1.71. The molecule has 1 aliphatic carbocycles. The molecule has 0 radical (unpaired) electrons. The number of rotatable bonds is 3. The summed E-state index contributed by atoms with van der Waals surface area (Å²) >= 11 is 1.48. The van der Waals surface area contributed by atoms with Gasteiger partial charge in [-0.05, 0) is 19.8 Å². The Bertz CT molecular complexity index is 403. The van der Waals surface area contributed by atoms with Crippen molar-refractivity contribution in [2.75, 3.05) is 7.05 Å². The van der Waals surface area contributed by atoms with Gasteiger partial charge in [0.05, 0.1) is 6.04 Å². The summed E-state index contributed by atoms with van der Waals surface area (Å²) in [6, 6.07) is 0.230. The Balaban J connectivity index is 1.65. The van der Waals surface area contributed by atoms with Crippen molar-refractivity contribution in [3.8, 4) is 0 Å². The third-order valence-corrected chi connectivity index (χ3v) is 5.87. The molecule has 21 heavy (non-hydrogen) atoms. The first-order valence-corrected chi connectivity index (χ1v) is 8.65. The monoisotopic (exact) mass is 315 g/mol. The maximum Gasteiger partial charge on any atom is 0.159 e. The number of aliphatic hydroxyl groups is 2. The Morgan fingerprint density at radius 1 is 1.33 bits per heavy atom. The molecule has 0 aromatic heterocycles. The van der Waals surface area contributed by atoms with Crippen LogP contribution >= 0.6 is 11.8 Å². The average Bonchev–Trinajstić information content (AvgIpc) is 3.11. The molecule has 3 rings (SSSR count). The Morgan fingerprint density at radius 2 is 2.05 bits per heavy atom. The summed E-state index contributed by atoms with van der Waals surface area (Å²) in [6.45, 7) is 2.03. The minimum atomic E-state index is -0.889. The third kappa shape index (κ3) is 3.07. The van der Waals surface area contributed by atoms with E-state index in [2.05, 4.69) is 15.6 Å². The lowest BCUT2D eigenvalue weighted by Crippen LogP contribution is -2.63. The van der Waals surface area contributed by atoms with Gasteiger partial charge < -0.3 is 25.6 Å². The molecule has 6 unspecified atom stereocenters. The molecule has 6 atom stereocenters. The molecule has 0 aromatic carbocycles. The lowest BCUT2D eigenvalue weighted by atomic mass is 9.93. The Kier molecular flexibility index (Phi) is 4.75. The van der Waals surface area contributed by atoms with Crippen molar-refractivity contribution in [1.82, 2.24) is 10.6 Å². The summed E-state index contributed by atoms with van der Waals surface area (Å²) in [6.07, 6.45) is 2.78. The van der Waals surface area contributed by atoms with E-state index in [4.69, 9.17) is 4.74 Å². The van der Waals surface area contributed by atoms with E-state index in [1.807, 2.05) is 6.92 Å². The number of amidine groups is 1. The van der Waals surface area contributed by atoms with Crippen LogP contribution in [0.2, 0.25) is 0 Å². The van der Waals surface area contributed by atoms with E-state index in [0.29, 0.717) is 6.04 Å². The molecule has 2 aliphatic heterocycles. The predicted molar refractivity (Wildman–Crippen MR) is 83.4 cm³/mol. The summed E-state index contributed by atoms with van der Waals surface area (Å²) in [4.78, 5) is 4.10. The van der Waals surface area contributed by atoms with Gasteiger partial charge in [-0.2, -0.15) is 0 Å². The molecule has 0 spiro atoms. The van der Waals surface area contributed by atoms with Crippen LogP contribution in [0.3, 0.4) is 0 Å². The molecular weight excluding hydrogens is 290 g/mol. The highest BCUT2D eigenvalue weighted by molar-refractivity contribution is 8.14. The SMILES string of the molecule is CN=C1NC2C(OC(C(C)NC3CCCC3)C(O)C2O)S1. The molecule has 2 saturated heterocycles. The molecule has 3 fully saturated rings. The van der Waals surface area contributed by atoms with Crippen molar-refractivity contribution in [3.05, 3.63) is 0 Å². The van der Waals surface area contributed by atoms with Crippen molar-refractivity contribution >= 4 is 16.9 Å². The average molecular weight is 315 g/mol. The van der Waals surface area contributed by atoms with Crippen LogP contribution < -0.4 is 10.6 Å². The van der Waals surface area contributed by atoms with Crippen LogP contribution in [0.1, 0.15) is 32.6 Å². The summed E-state index contributed by atoms with van der Waals surface area (Å²) in [5.41, 5.74) is -0.195. The van der Waals surface area contributed by atoms with Crippen molar-refractivity contribution in [3.63, 3.8) is 0 Å². The lowest BCUT2D eigenvalue weighted by molar-refractivity contribution is -0.164. The minimum absolute atomic E-state index is 0.0157. The molecule has 4 N–H and O–H groups in total. The first-order valence-electron chi connectivity index (χ1n) is 7.77. The topological polar surface area (TPSA) is 86.1 Å². The van der Waals surface area contributed by atoms with Crippen LogP contribution in [-0.2, 0) is 4.74 Å². The molecular formula is C14H25N3O3S. The van der Waals surface area contributed by atoms with E-state index in [1.165, 1.54) is 37.4 Å². The van der Waals surface area contributed by atoms with Gasteiger partial charge in [0.1, 0.15) is 23.7 Å². The van der Waals surface area contributed by atoms with Crippen molar-refractivity contribution < 1.29 is 14.9 Å². The number of nitrogens with one attached hydrogen (secondary N) is 2. The van der Waals surface area contributed by atoms with Gasteiger partial charge in [-0.15, -0.1) is 0 Å². The highest BCUT2D eigenvalue weighted by atomic mass is 32.2. The number of fused-ring (bicyclic) bond motifs is 1. The van der Waals surface area contributed by atoms with Gasteiger partial charge in [-0.25, -0.2) is 0 Å². The molecule has 1 saturated carbocycles. The summed E-state index contributed by atoms with van der Waals surface area (Å²) in [5.74, 6) is 0. The molecule has 120 valence electrons. The van der Waals surface area contributed by atoms with Crippen LogP contribution in [0.5, 0.6) is 0 Å². The quantitative estimate of drug-likeness (QED) is 0.589. The fourth-order valence-corrected chi connectivity index (χ4v) is 4.61. The first-order chi connectivity index (χ1) is 10.1. The van der Waals surface area contributed by atoms with Gasteiger partial charge in [0.2, 0.25) is 0 Å². The molecule has 3 aliphatic rings. The molecule has 0 amide bonds. The smallest absolute Gasteiger partial charge is 0.159 e. The Labute approximate surface area is 129 Å². The highest BCUT2D eigenvalue weighted by Crippen LogP contribution is 2.35. The van der Waals surface area contributed by atoms with Crippen molar-refractivity contribution in [2.45, 2.75) is 74.5 Å². The van der Waals surface area contributed by atoms with Gasteiger partial charge in [0.15, 0.2) is 5.17 Å². The largest absolute Gasteiger partial charge is 0.388 e. The van der Waals surface area contributed by atoms with Crippen molar-refractivity contribution in [1.29, 1.82) is 0 Å². The van der Waals surface area contributed by atoms with Gasteiger partial charge in [0.25, 0.3) is 0 Å². The van der Waals surface area contributed by atoms with Crippen LogP contribution in [0.15, 0.2) is 4.99 Å². The van der Waals surface area contributed by atoms with Crippen LogP contribution in [0.4, 0.5) is 0 Å². The number of thioether (sulfide) groups is 1. The fourth-order valence-electron chi connectivity index (χ4n) is 3.52. The normalized spacial score (nSPS) is 43.8. The standard InChI is InChI=1S/C14H25N3O3S/c1-7(16-8-5-3-4-6-8)12-11(19)10(18)9-13(20-12)21-14(15-2)17-9/h7-13,16,18-19H,3-6H2,1-2H3,(H,15,17). The Hall–Kier alpha value is -0.340. The highest BCUT2D eigenvalue weighted by Gasteiger charge is 2.50. The number of hydrogen-bond donors (Lipinski definition) is 4. The molecule has 7 heteroatoms. The van der Waals surface area contributed by atoms with E-state index < -0.39 is 18.3 Å². The maximum absolute atomic E-state index is 10.4. The summed E-state index contributed by atoms with van der Waals surface area (Å²) in [5, 5.41) is 28.2. The molecule has 2 heterocycles. The second kappa shape index (κ2) is 6.42. The van der Waals surface area contributed by atoms with Crippen LogP contribution in [0.25, 0.3) is 0 Å². The van der Waals surface area contributed by atoms with Crippen molar-refractivity contribution in [2.24, 2.45) is 4.99 Å². The van der Waals surface area contributed by atoms with Crippen LogP contribution in [-0.4, -0.2) is 64.3 Å². The number of aliphatic hydroxyl groups excluding tert-OH is 2. The summed E-state index contributed by atoms with van der Waals surface area (Å²) < 4.78 is 6.04. The molecule has 0 bridgehead atoms. The Morgan fingerprint density at radius 3 is 2.71 bits per heavy atom. The van der Waals surface area contributed by atoms with Crippen LogP contribution in [0, 0.1) is 0 Å². The molecule has 6 nitrogen and oxygen atoms in total. The van der Waals surface area contributed by atoms with E-state index >= 15 is 0 Å². The maximum atomic E-state index is 10.4. The minimum Gasteiger partial charge on any atom is -0.388 e. The lowest BCUT2D eigenvalue weighted by Gasteiger charge is -2.42. The number of ether oxygens (including phenoxy) is 1. The molecule has 0 aromatic rings. The van der Waals surface area contributed by atoms with E-state index in [9.17, 15) is 10.2 Å². The second-order valence-corrected chi connectivity index (χ2v) is 7.29. The first kappa shape index (κ1) is 15.6. The predicted octanol–water partition coefficient (Wildman–Crippen LogP) is 0.0446. The zero-order valence-corrected chi connectivity index (χ0v) is 13.3. The van der Waals surface area contributed by atoms with E-state index in [1.54, 1.807) is 7.05 Å². The van der Waals surface area contributed by atoms with E-state index in [-0.39, 0.29) is 17.5 Å².